The lowest BCUT2D eigenvalue weighted by atomic mass is 10.1. The van der Waals surface area contributed by atoms with Crippen molar-refractivity contribution in [3.05, 3.63) is 52.5 Å². The number of hydrogen-bond acceptors (Lipinski definition) is 3. The van der Waals surface area contributed by atoms with Crippen LogP contribution in [0.15, 0.2) is 46.9 Å². The third kappa shape index (κ3) is 2.81. The molecule has 0 fully saturated rings. The minimum Gasteiger partial charge on any atom is -0.508 e. The van der Waals surface area contributed by atoms with E-state index in [1.807, 2.05) is 0 Å². The highest BCUT2D eigenvalue weighted by Gasteiger charge is 2.10. The molecular weight excluding hydrogens is 296 g/mol. The van der Waals surface area contributed by atoms with Crippen LogP contribution >= 0.6 is 15.9 Å². The zero-order valence-electron chi connectivity index (χ0n) is 9.35. The van der Waals surface area contributed by atoms with Crippen LogP contribution in [-0.4, -0.2) is 11.0 Å². The van der Waals surface area contributed by atoms with Gasteiger partial charge >= 0.3 is 0 Å². The van der Waals surface area contributed by atoms with Crippen LogP contribution in [0.3, 0.4) is 0 Å². The maximum absolute atomic E-state index is 12.0. The largest absolute Gasteiger partial charge is 0.508 e. The van der Waals surface area contributed by atoms with E-state index in [1.165, 1.54) is 12.1 Å². The molecule has 0 aliphatic heterocycles. The second-order valence-corrected chi connectivity index (χ2v) is 4.65. The van der Waals surface area contributed by atoms with E-state index in [0.717, 1.165) is 4.47 Å². The first-order valence-electron chi connectivity index (χ1n) is 5.21. The van der Waals surface area contributed by atoms with Crippen LogP contribution in [0.4, 0.5) is 11.4 Å². The number of nitrogen functional groups attached to an aromatic ring is 1. The van der Waals surface area contributed by atoms with Gasteiger partial charge in [-0.1, -0.05) is 22.0 Å². The molecule has 1 amide bonds. The molecule has 0 aromatic heterocycles. The first kappa shape index (κ1) is 12.4. The van der Waals surface area contributed by atoms with Crippen LogP contribution in [0.2, 0.25) is 0 Å². The summed E-state index contributed by atoms with van der Waals surface area (Å²) in [6.45, 7) is 0. The summed E-state index contributed by atoms with van der Waals surface area (Å²) >= 11 is 3.29. The topological polar surface area (TPSA) is 75.4 Å². The number of amides is 1. The second-order valence-electron chi connectivity index (χ2n) is 3.74. The number of halogens is 1. The van der Waals surface area contributed by atoms with Gasteiger partial charge in [-0.2, -0.15) is 0 Å². The van der Waals surface area contributed by atoms with Gasteiger partial charge in [0, 0.05) is 21.9 Å². The van der Waals surface area contributed by atoms with Gasteiger partial charge in [-0.15, -0.1) is 0 Å². The number of nitrogens with two attached hydrogens (primary N) is 1. The summed E-state index contributed by atoms with van der Waals surface area (Å²) in [6, 6.07) is 11.4. The van der Waals surface area contributed by atoms with Crippen molar-refractivity contribution in [2.24, 2.45) is 0 Å². The molecule has 0 aliphatic carbocycles. The fourth-order valence-corrected chi connectivity index (χ4v) is 1.87. The quantitative estimate of drug-likeness (QED) is 0.747. The molecule has 0 saturated heterocycles. The molecule has 0 aliphatic rings. The molecule has 0 heterocycles. The van der Waals surface area contributed by atoms with Gasteiger partial charge in [-0.05, 0) is 30.3 Å². The van der Waals surface area contributed by atoms with E-state index >= 15 is 0 Å². The Morgan fingerprint density at radius 3 is 2.72 bits per heavy atom. The van der Waals surface area contributed by atoms with Gasteiger partial charge in [0.1, 0.15) is 5.75 Å². The van der Waals surface area contributed by atoms with Crippen molar-refractivity contribution in [2.45, 2.75) is 0 Å². The van der Waals surface area contributed by atoms with E-state index in [4.69, 9.17) is 5.73 Å². The highest BCUT2D eigenvalue weighted by Crippen LogP contribution is 2.21. The third-order valence-corrected chi connectivity index (χ3v) is 2.86. The average Bonchev–Trinajstić information content (AvgIpc) is 2.32. The van der Waals surface area contributed by atoms with Gasteiger partial charge in [0.2, 0.25) is 0 Å². The van der Waals surface area contributed by atoms with E-state index in [0.29, 0.717) is 16.9 Å². The molecule has 0 spiro atoms. The number of carbonyl (C=O) groups excluding carboxylic acids is 1. The number of carbonyl (C=O) groups is 1. The number of rotatable bonds is 2. The fraction of sp³-hybridized carbons (Fsp3) is 0. The van der Waals surface area contributed by atoms with E-state index in [2.05, 4.69) is 21.2 Å². The van der Waals surface area contributed by atoms with Crippen molar-refractivity contribution in [1.29, 1.82) is 0 Å². The monoisotopic (exact) mass is 306 g/mol. The van der Waals surface area contributed by atoms with Gasteiger partial charge in [0.15, 0.2) is 0 Å². The van der Waals surface area contributed by atoms with Crippen molar-refractivity contribution in [2.75, 3.05) is 11.1 Å². The van der Waals surface area contributed by atoms with Crippen molar-refractivity contribution < 1.29 is 9.90 Å². The molecule has 5 heteroatoms. The van der Waals surface area contributed by atoms with Crippen LogP contribution in [0.5, 0.6) is 5.75 Å². The Labute approximate surface area is 113 Å². The summed E-state index contributed by atoms with van der Waals surface area (Å²) in [4.78, 5) is 12.0. The molecule has 18 heavy (non-hydrogen) atoms. The smallest absolute Gasteiger partial charge is 0.257 e. The van der Waals surface area contributed by atoms with Crippen LogP contribution < -0.4 is 11.1 Å². The number of benzene rings is 2. The maximum Gasteiger partial charge on any atom is 0.257 e. The maximum atomic E-state index is 12.0. The Balaban J connectivity index is 2.24. The van der Waals surface area contributed by atoms with Crippen molar-refractivity contribution in [3.63, 3.8) is 0 Å². The number of nitrogens with one attached hydrogen (secondary N) is 1. The number of anilines is 2. The molecule has 0 bridgehead atoms. The molecule has 2 aromatic carbocycles. The van der Waals surface area contributed by atoms with Gasteiger partial charge in [0.25, 0.3) is 5.91 Å². The highest BCUT2D eigenvalue weighted by atomic mass is 79.9. The molecule has 0 saturated carbocycles. The first-order chi connectivity index (χ1) is 8.56. The summed E-state index contributed by atoms with van der Waals surface area (Å²) in [5.74, 6) is -0.227. The minimum atomic E-state index is -0.320. The number of aromatic hydroxyl groups is 1. The van der Waals surface area contributed by atoms with Crippen molar-refractivity contribution >= 4 is 33.2 Å². The van der Waals surface area contributed by atoms with Gasteiger partial charge in [-0.3, -0.25) is 4.79 Å². The Hall–Kier alpha value is -2.01. The number of phenolic OH excluding ortho intramolecular Hbond substituents is 1. The lowest BCUT2D eigenvalue weighted by molar-refractivity contribution is 0.102. The second kappa shape index (κ2) is 5.10. The zero-order chi connectivity index (χ0) is 13.1. The summed E-state index contributed by atoms with van der Waals surface area (Å²) in [7, 11) is 0. The predicted octanol–water partition coefficient (Wildman–Crippen LogP) is 2.99. The van der Waals surface area contributed by atoms with Crippen molar-refractivity contribution in [3.8, 4) is 5.75 Å². The predicted molar refractivity (Wildman–Crippen MR) is 74.6 cm³/mol. The van der Waals surface area contributed by atoms with Gasteiger partial charge in [0.05, 0.1) is 5.56 Å². The summed E-state index contributed by atoms with van der Waals surface area (Å²) in [6.07, 6.45) is 0. The Morgan fingerprint density at radius 1 is 1.22 bits per heavy atom. The summed E-state index contributed by atoms with van der Waals surface area (Å²) in [5.41, 5.74) is 7.04. The Morgan fingerprint density at radius 2 is 2.00 bits per heavy atom. The SMILES string of the molecule is Nc1ccc(Br)cc1C(=O)Nc1cccc(O)c1. The fourth-order valence-electron chi connectivity index (χ4n) is 1.51. The molecule has 2 aromatic rings. The zero-order valence-corrected chi connectivity index (χ0v) is 10.9. The van der Waals surface area contributed by atoms with E-state index in [1.54, 1.807) is 30.3 Å². The van der Waals surface area contributed by atoms with Crippen LogP contribution in [-0.2, 0) is 0 Å². The molecule has 92 valence electrons. The average molecular weight is 307 g/mol. The number of hydrogen-bond donors (Lipinski definition) is 3. The summed E-state index contributed by atoms with van der Waals surface area (Å²) in [5, 5.41) is 12.0. The molecule has 4 N–H and O–H groups in total. The van der Waals surface area contributed by atoms with Crippen LogP contribution in [0, 0.1) is 0 Å². The Kier molecular flexibility index (Phi) is 3.53. The molecule has 0 unspecified atom stereocenters. The highest BCUT2D eigenvalue weighted by molar-refractivity contribution is 9.10. The standard InChI is InChI=1S/C13H11BrN2O2/c14-8-4-5-12(15)11(6-8)13(18)16-9-2-1-3-10(17)7-9/h1-7,17H,15H2,(H,16,18). The Bertz CT molecular complexity index is 599. The lowest BCUT2D eigenvalue weighted by Crippen LogP contribution is -2.13. The molecule has 2 rings (SSSR count). The number of phenols is 1. The van der Waals surface area contributed by atoms with E-state index in [-0.39, 0.29) is 11.7 Å². The molecule has 0 atom stereocenters. The lowest BCUT2D eigenvalue weighted by Gasteiger charge is -2.08. The van der Waals surface area contributed by atoms with Gasteiger partial charge in [-0.25, -0.2) is 0 Å². The van der Waals surface area contributed by atoms with E-state index < -0.39 is 0 Å². The van der Waals surface area contributed by atoms with Crippen molar-refractivity contribution in [1.82, 2.24) is 0 Å². The molecule has 4 nitrogen and oxygen atoms in total. The normalized spacial score (nSPS) is 10.1. The molecule has 0 radical (unpaired) electrons. The first-order valence-corrected chi connectivity index (χ1v) is 6.01. The third-order valence-electron chi connectivity index (χ3n) is 2.36. The van der Waals surface area contributed by atoms with Gasteiger partial charge < -0.3 is 16.2 Å². The molecular formula is C13H11BrN2O2. The van der Waals surface area contributed by atoms with Crippen LogP contribution in [0.25, 0.3) is 0 Å². The minimum absolute atomic E-state index is 0.0926. The van der Waals surface area contributed by atoms with Crippen LogP contribution in [0.1, 0.15) is 10.4 Å². The van der Waals surface area contributed by atoms with E-state index in [9.17, 15) is 9.90 Å². The summed E-state index contributed by atoms with van der Waals surface area (Å²) < 4.78 is 0.776.